The predicted molar refractivity (Wildman–Crippen MR) is 60.8 cm³/mol. The molecule has 0 bridgehead atoms. The third kappa shape index (κ3) is 1.50. The summed E-state index contributed by atoms with van der Waals surface area (Å²) in [5.74, 6) is 0. The van der Waals surface area contributed by atoms with Crippen LogP contribution in [0.15, 0.2) is 18.2 Å². The highest BCUT2D eigenvalue weighted by atomic mass is 16.3. The van der Waals surface area contributed by atoms with Gasteiger partial charge in [-0.3, -0.25) is 0 Å². The van der Waals surface area contributed by atoms with Crippen LogP contribution in [-0.2, 0) is 18.4 Å². The third-order valence-corrected chi connectivity index (χ3v) is 4.07. The van der Waals surface area contributed by atoms with E-state index in [0.29, 0.717) is 0 Å². The lowest BCUT2D eigenvalue weighted by atomic mass is 9.90. The fourth-order valence-corrected chi connectivity index (χ4v) is 3.11. The van der Waals surface area contributed by atoms with E-state index in [1.54, 1.807) is 0 Å². The van der Waals surface area contributed by atoms with Crippen LogP contribution in [0, 0.1) is 0 Å². The second kappa shape index (κ2) is 3.34. The summed E-state index contributed by atoms with van der Waals surface area (Å²) in [7, 11) is 0. The van der Waals surface area contributed by atoms with Crippen LogP contribution in [-0.4, -0.2) is 5.11 Å². The quantitative estimate of drug-likeness (QED) is 0.742. The first kappa shape index (κ1) is 9.41. The van der Waals surface area contributed by atoms with Crippen molar-refractivity contribution in [3.63, 3.8) is 0 Å². The van der Waals surface area contributed by atoms with E-state index in [0.717, 1.165) is 12.8 Å². The standard InChI is InChI=1S/C14H18O/c15-14(8-1-2-9-14)13-7-6-11-4-3-5-12(11)10-13/h6-7,10,15H,1-5,8-9H2. The van der Waals surface area contributed by atoms with E-state index in [1.807, 2.05) is 0 Å². The van der Waals surface area contributed by atoms with E-state index in [1.165, 1.54) is 48.8 Å². The minimum absolute atomic E-state index is 0.502. The largest absolute Gasteiger partial charge is 0.385 e. The highest BCUT2D eigenvalue weighted by molar-refractivity contribution is 5.37. The van der Waals surface area contributed by atoms with E-state index in [9.17, 15) is 5.11 Å². The minimum Gasteiger partial charge on any atom is -0.385 e. The lowest BCUT2D eigenvalue weighted by Crippen LogP contribution is -2.20. The molecule has 2 aliphatic rings. The molecule has 0 heterocycles. The zero-order chi connectivity index (χ0) is 10.3. The van der Waals surface area contributed by atoms with Crippen LogP contribution in [0.25, 0.3) is 0 Å². The Hall–Kier alpha value is -0.820. The molecular weight excluding hydrogens is 184 g/mol. The van der Waals surface area contributed by atoms with Crippen LogP contribution >= 0.6 is 0 Å². The zero-order valence-electron chi connectivity index (χ0n) is 9.13. The van der Waals surface area contributed by atoms with Crippen molar-refractivity contribution in [2.24, 2.45) is 0 Å². The summed E-state index contributed by atoms with van der Waals surface area (Å²) in [6.07, 6.45) is 7.98. The summed E-state index contributed by atoms with van der Waals surface area (Å²) in [4.78, 5) is 0. The van der Waals surface area contributed by atoms with E-state index in [-0.39, 0.29) is 0 Å². The molecule has 1 aromatic rings. The first-order valence-corrected chi connectivity index (χ1v) is 6.13. The molecule has 80 valence electrons. The molecule has 3 rings (SSSR count). The maximum absolute atomic E-state index is 10.5. The van der Waals surface area contributed by atoms with Crippen LogP contribution in [0.2, 0.25) is 0 Å². The van der Waals surface area contributed by atoms with Gasteiger partial charge in [0.2, 0.25) is 0 Å². The smallest absolute Gasteiger partial charge is 0.0896 e. The van der Waals surface area contributed by atoms with E-state index in [2.05, 4.69) is 18.2 Å². The van der Waals surface area contributed by atoms with Gasteiger partial charge in [-0.15, -0.1) is 0 Å². The van der Waals surface area contributed by atoms with Crippen molar-refractivity contribution >= 4 is 0 Å². The van der Waals surface area contributed by atoms with Gasteiger partial charge < -0.3 is 5.11 Å². The molecule has 1 saturated carbocycles. The lowest BCUT2D eigenvalue weighted by Gasteiger charge is -2.23. The van der Waals surface area contributed by atoms with Crippen molar-refractivity contribution in [3.8, 4) is 0 Å². The van der Waals surface area contributed by atoms with Gasteiger partial charge >= 0.3 is 0 Å². The lowest BCUT2D eigenvalue weighted by molar-refractivity contribution is 0.0444. The van der Waals surface area contributed by atoms with Gasteiger partial charge in [-0.1, -0.05) is 31.0 Å². The number of benzene rings is 1. The molecule has 1 heteroatoms. The molecule has 1 nitrogen and oxygen atoms in total. The topological polar surface area (TPSA) is 20.2 Å². The molecule has 1 aromatic carbocycles. The van der Waals surface area contributed by atoms with Gasteiger partial charge in [0.25, 0.3) is 0 Å². The number of hydrogen-bond donors (Lipinski definition) is 1. The van der Waals surface area contributed by atoms with Gasteiger partial charge in [0.15, 0.2) is 0 Å². The van der Waals surface area contributed by atoms with Gasteiger partial charge in [0.1, 0.15) is 0 Å². The predicted octanol–water partition coefficient (Wildman–Crippen LogP) is 2.94. The highest BCUT2D eigenvalue weighted by Gasteiger charge is 2.33. The van der Waals surface area contributed by atoms with E-state index >= 15 is 0 Å². The fourth-order valence-electron chi connectivity index (χ4n) is 3.11. The third-order valence-electron chi connectivity index (χ3n) is 4.07. The van der Waals surface area contributed by atoms with Crippen molar-refractivity contribution in [2.75, 3.05) is 0 Å². The van der Waals surface area contributed by atoms with Gasteiger partial charge in [0.05, 0.1) is 5.60 Å². The first-order chi connectivity index (χ1) is 7.28. The Morgan fingerprint density at radius 3 is 2.47 bits per heavy atom. The van der Waals surface area contributed by atoms with E-state index < -0.39 is 5.60 Å². The van der Waals surface area contributed by atoms with Crippen molar-refractivity contribution in [1.29, 1.82) is 0 Å². The molecule has 0 unspecified atom stereocenters. The van der Waals surface area contributed by atoms with E-state index in [4.69, 9.17) is 0 Å². The molecule has 0 spiro atoms. The van der Waals surface area contributed by atoms with Crippen molar-refractivity contribution < 1.29 is 5.11 Å². The molecule has 0 aliphatic heterocycles. The van der Waals surface area contributed by atoms with Crippen LogP contribution in [0.4, 0.5) is 0 Å². The Labute approximate surface area is 91.1 Å². The molecule has 0 atom stereocenters. The maximum atomic E-state index is 10.5. The van der Waals surface area contributed by atoms with Crippen LogP contribution in [0.5, 0.6) is 0 Å². The van der Waals surface area contributed by atoms with Gasteiger partial charge in [-0.2, -0.15) is 0 Å². The van der Waals surface area contributed by atoms with Gasteiger partial charge in [-0.05, 0) is 48.8 Å². The van der Waals surface area contributed by atoms with Crippen LogP contribution in [0.1, 0.15) is 48.8 Å². The highest BCUT2D eigenvalue weighted by Crippen LogP contribution is 2.39. The van der Waals surface area contributed by atoms with Crippen LogP contribution in [0.3, 0.4) is 0 Å². The summed E-state index contributed by atoms with van der Waals surface area (Å²) < 4.78 is 0. The molecule has 0 saturated heterocycles. The average molecular weight is 202 g/mol. The molecular formula is C14H18O. The maximum Gasteiger partial charge on any atom is 0.0896 e. The minimum atomic E-state index is -0.502. The number of aliphatic hydroxyl groups is 1. The number of hydrogen-bond acceptors (Lipinski definition) is 1. The molecule has 0 amide bonds. The molecule has 15 heavy (non-hydrogen) atoms. The monoisotopic (exact) mass is 202 g/mol. The normalized spacial score (nSPS) is 23.0. The molecule has 1 fully saturated rings. The summed E-state index contributed by atoms with van der Waals surface area (Å²) in [5.41, 5.74) is 3.64. The molecule has 0 radical (unpaired) electrons. The Morgan fingerprint density at radius 1 is 0.933 bits per heavy atom. The summed E-state index contributed by atoms with van der Waals surface area (Å²) in [6.45, 7) is 0. The van der Waals surface area contributed by atoms with Crippen molar-refractivity contribution in [1.82, 2.24) is 0 Å². The second-order valence-electron chi connectivity index (χ2n) is 5.08. The molecule has 1 N–H and O–H groups in total. The summed E-state index contributed by atoms with van der Waals surface area (Å²) in [6, 6.07) is 6.64. The first-order valence-electron chi connectivity index (χ1n) is 6.13. The summed E-state index contributed by atoms with van der Waals surface area (Å²) >= 11 is 0. The average Bonchev–Trinajstić information content (AvgIpc) is 2.85. The second-order valence-corrected chi connectivity index (χ2v) is 5.08. The number of rotatable bonds is 1. The Kier molecular flexibility index (Phi) is 2.10. The number of fused-ring (bicyclic) bond motifs is 1. The SMILES string of the molecule is OC1(c2ccc3c(c2)CCC3)CCCC1. The Bertz CT molecular complexity index is 375. The van der Waals surface area contributed by atoms with Crippen molar-refractivity contribution in [3.05, 3.63) is 34.9 Å². The Morgan fingerprint density at radius 2 is 1.67 bits per heavy atom. The number of aryl methyl sites for hydroxylation is 2. The van der Waals surface area contributed by atoms with Gasteiger partial charge in [0, 0.05) is 0 Å². The van der Waals surface area contributed by atoms with Crippen molar-refractivity contribution in [2.45, 2.75) is 50.5 Å². The van der Waals surface area contributed by atoms with Gasteiger partial charge in [-0.25, -0.2) is 0 Å². The fraction of sp³-hybridized carbons (Fsp3) is 0.571. The van der Waals surface area contributed by atoms with Crippen LogP contribution < -0.4 is 0 Å². The Balaban J connectivity index is 1.98. The molecule has 0 aromatic heterocycles. The summed E-state index contributed by atoms with van der Waals surface area (Å²) in [5, 5.41) is 10.5. The zero-order valence-corrected chi connectivity index (χ0v) is 9.13. The molecule has 2 aliphatic carbocycles.